The minimum Gasteiger partial charge on any atom is -0.302 e. The summed E-state index contributed by atoms with van der Waals surface area (Å²) in [5.41, 5.74) is 0. The summed E-state index contributed by atoms with van der Waals surface area (Å²) in [4.78, 5) is 11.0. The molecule has 0 N–H and O–H groups in total. The summed E-state index contributed by atoms with van der Waals surface area (Å²) in [5, 5.41) is 0. The molecule has 1 aromatic carbocycles. The van der Waals surface area contributed by atoms with Crippen LogP contribution >= 0.6 is 0 Å². The molecule has 0 unspecified atom stereocenters. The van der Waals surface area contributed by atoms with Crippen molar-refractivity contribution in [2.24, 2.45) is 0 Å². The van der Waals surface area contributed by atoms with Gasteiger partial charge in [-0.3, -0.25) is 0 Å². The van der Waals surface area contributed by atoms with Crippen LogP contribution in [-0.4, -0.2) is 19.5 Å². The Kier molecular flexibility index (Phi) is 2.58. The lowest BCUT2D eigenvalue weighted by Crippen LogP contribution is -2.46. The van der Waals surface area contributed by atoms with Crippen LogP contribution in [0.4, 0.5) is 4.39 Å². The maximum Gasteiger partial charge on any atom is 0.190 e. The van der Waals surface area contributed by atoms with Crippen molar-refractivity contribution in [3.63, 3.8) is 0 Å². The number of benzene rings is 1. The summed E-state index contributed by atoms with van der Waals surface area (Å²) in [6.45, 7) is 0. The van der Waals surface area contributed by atoms with E-state index >= 15 is 0 Å². The van der Waals surface area contributed by atoms with Crippen LogP contribution in [0.5, 0.6) is 0 Å². The normalized spacial score (nSPS) is 18.8. The zero-order valence-electron chi connectivity index (χ0n) is 8.52. The Morgan fingerprint density at radius 2 is 1.75 bits per heavy atom. The van der Waals surface area contributed by atoms with E-state index in [9.17, 15) is 17.6 Å². The fraction of sp³-hybridized carbons (Fsp3) is 0.364. The SMILES string of the molecule is O=CC1(S(=O)(=O)c2ccc(F)cc2)CCC1. The van der Waals surface area contributed by atoms with Crippen LogP contribution in [0.3, 0.4) is 0 Å². The van der Waals surface area contributed by atoms with Crippen LogP contribution < -0.4 is 0 Å². The van der Waals surface area contributed by atoms with Crippen molar-refractivity contribution >= 4 is 16.1 Å². The first-order valence-corrected chi connectivity index (χ1v) is 6.47. The fourth-order valence-electron chi connectivity index (χ4n) is 1.82. The van der Waals surface area contributed by atoms with Crippen molar-refractivity contribution in [3.05, 3.63) is 30.1 Å². The third kappa shape index (κ3) is 1.46. The lowest BCUT2D eigenvalue weighted by Gasteiger charge is -2.35. The van der Waals surface area contributed by atoms with Gasteiger partial charge in [0.05, 0.1) is 4.90 Å². The number of carbonyl (C=O) groups excluding carboxylic acids is 1. The number of rotatable bonds is 3. The summed E-state index contributed by atoms with van der Waals surface area (Å²) in [6, 6.07) is 4.58. The van der Waals surface area contributed by atoms with Crippen molar-refractivity contribution in [1.29, 1.82) is 0 Å². The molecule has 0 aromatic heterocycles. The van der Waals surface area contributed by atoms with Crippen LogP contribution in [0.2, 0.25) is 0 Å². The molecule has 1 saturated carbocycles. The third-order valence-electron chi connectivity index (χ3n) is 3.07. The first-order chi connectivity index (χ1) is 7.52. The van der Waals surface area contributed by atoms with Gasteiger partial charge < -0.3 is 4.79 Å². The largest absolute Gasteiger partial charge is 0.302 e. The minimum atomic E-state index is -3.67. The summed E-state index contributed by atoms with van der Waals surface area (Å²) < 4.78 is 35.7. The summed E-state index contributed by atoms with van der Waals surface area (Å²) in [6.07, 6.45) is 1.96. The maximum atomic E-state index is 12.7. The summed E-state index contributed by atoms with van der Waals surface area (Å²) in [5.74, 6) is -0.493. The summed E-state index contributed by atoms with van der Waals surface area (Å²) >= 11 is 0. The lowest BCUT2D eigenvalue weighted by atomic mass is 9.86. The number of aldehydes is 1. The van der Waals surface area contributed by atoms with Crippen LogP contribution in [0.1, 0.15) is 19.3 Å². The van der Waals surface area contributed by atoms with Gasteiger partial charge >= 0.3 is 0 Å². The van der Waals surface area contributed by atoms with Gasteiger partial charge in [0.25, 0.3) is 0 Å². The molecule has 1 aliphatic carbocycles. The molecule has 86 valence electrons. The Morgan fingerprint density at radius 3 is 2.12 bits per heavy atom. The summed E-state index contributed by atoms with van der Waals surface area (Å²) in [7, 11) is -3.67. The zero-order valence-corrected chi connectivity index (χ0v) is 9.34. The van der Waals surface area contributed by atoms with Gasteiger partial charge in [0, 0.05) is 0 Å². The highest BCUT2D eigenvalue weighted by Crippen LogP contribution is 2.41. The predicted molar refractivity (Wildman–Crippen MR) is 56.2 cm³/mol. The second-order valence-corrected chi connectivity index (χ2v) is 6.28. The van der Waals surface area contributed by atoms with Gasteiger partial charge in [-0.1, -0.05) is 0 Å². The molecule has 2 rings (SSSR count). The van der Waals surface area contributed by atoms with Gasteiger partial charge in [0.2, 0.25) is 0 Å². The van der Waals surface area contributed by atoms with E-state index in [0.717, 1.165) is 18.6 Å². The third-order valence-corrected chi connectivity index (χ3v) is 5.54. The number of carbonyl (C=O) groups is 1. The molecule has 5 heteroatoms. The van der Waals surface area contributed by atoms with Gasteiger partial charge in [0.1, 0.15) is 16.9 Å². The number of sulfone groups is 1. The molecule has 0 atom stereocenters. The second kappa shape index (κ2) is 3.66. The molecule has 3 nitrogen and oxygen atoms in total. The van der Waals surface area contributed by atoms with E-state index in [1.807, 2.05) is 0 Å². The van der Waals surface area contributed by atoms with Gasteiger partial charge in [-0.15, -0.1) is 0 Å². The van der Waals surface area contributed by atoms with E-state index in [-0.39, 0.29) is 4.90 Å². The van der Waals surface area contributed by atoms with Crippen molar-refractivity contribution in [2.75, 3.05) is 0 Å². The fourth-order valence-corrected chi connectivity index (χ4v) is 3.74. The molecule has 0 amide bonds. The number of hydrogen-bond donors (Lipinski definition) is 0. The van der Waals surface area contributed by atoms with Gasteiger partial charge in [0.15, 0.2) is 9.84 Å². The van der Waals surface area contributed by atoms with Crippen LogP contribution in [0.25, 0.3) is 0 Å². The first kappa shape index (κ1) is 11.3. The van der Waals surface area contributed by atoms with Crippen LogP contribution in [-0.2, 0) is 14.6 Å². The van der Waals surface area contributed by atoms with Crippen molar-refractivity contribution < 1.29 is 17.6 Å². The van der Waals surface area contributed by atoms with E-state index in [1.54, 1.807) is 0 Å². The van der Waals surface area contributed by atoms with Gasteiger partial charge in [-0.25, -0.2) is 12.8 Å². The van der Waals surface area contributed by atoms with E-state index < -0.39 is 20.4 Å². The van der Waals surface area contributed by atoms with E-state index in [2.05, 4.69) is 0 Å². The molecule has 0 bridgehead atoms. The topological polar surface area (TPSA) is 51.2 Å². The molecule has 1 aromatic rings. The van der Waals surface area contributed by atoms with Gasteiger partial charge in [-0.05, 0) is 43.5 Å². The van der Waals surface area contributed by atoms with Crippen LogP contribution in [0, 0.1) is 5.82 Å². The molecule has 0 saturated heterocycles. The molecule has 0 aliphatic heterocycles. The Balaban J connectivity index is 2.46. The number of hydrogen-bond acceptors (Lipinski definition) is 3. The molecular weight excluding hydrogens is 231 g/mol. The minimum absolute atomic E-state index is 0.0145. The lowest BCUT2D eigenvalue weighted by molar-refractivity contribution is -0.111. The first-order valence-electron chi connectivity index (χ1n) is 4.98. The maximum absolute atomic E-state index is 12.7. The smallest absolute Gasteiger partial charge is 0.190 e. The number of halogens is 1. The average Bonchev–Trinajstić information content (AvgIpc) is 2.17. The zero-order chi connectivity index (χ0) is 11.8. The quantitative estimate of drug-likeness (QED) is 0.599. The Morgan fingerprint density at radius 1 is 1.19 bits per heavy atom. The highest BCUT2D eigenvalue weighted by Gasteiger charge is 2.49. The monoisotopic (exact) mass is 242 g/mol. The van der Waals surface area contributed by atoms with Crippen LogP contribution in [0.15, 0.2) is 29.2 Å². The van der Waals surface area contributed by atoms with Crippen molar-refractivity contribution in [3.8, 4) is 0 Å². The second-order valence-electron chi connectivity index (χ2n) is 3.99. The van der Waals surface area contributed by atoms with E-state index in [4.69, 9.17) is 0 Å². The standard InChI is InChI=1S/C11H11FO3S/c12-9-2-4-10(5-3-9)16(14,15)11(8-13)6-1-7-11/h2-5,8H,1,6-7H2. The highest BCUT2D eigenvalue weighted by molar-refractivity contribution is 7.93. The predicted octanol–water partition coefficient (Wildman–Crippen LogP) is 1.72. The Hall–Kier alpha value is -1.23. The van der Waals surface area contributed by atoms with Gasteiger partial charge in [-0.2, -0.15) is 0 Å². The average molecular weight is 242 g/mol. The van der Waals surface area contributed by atoms with Crippen molar-refractivity contribution in [1.82, 2.24) is 0 Å². The van der Waals surface area contributed by atoms with E-state index in [0.29, 0.717) is 19.1 Å². The highest BCUT2D eigenvalue weighted by atomic mass is 32.2. The molecular formula is C11H11FO3S. The van der Waals surface area contributed by atoms with E-state index in [1.165, 1.54) is 12.1 Å². The molecule has 0 heterocycles. The molecule has 1 aliphatic rings. The molecule has 1 fully saturated rings. The molecule has 0 radical (unpaired) electrons. The van der Waals surface area contributed by atoms with Crippen molar-refractivity contribution in [2.45, 2.75) is 28.9 Å². The Labute approximate surface area is 93.2 Å². The molecule has 0 spiro atoms. The molecule has 16 heavy (non-hydrogen) atoms. The Bertz CT molecular complexity index is 501.